The van der Waals surface area contributed by atoms with E-state index in [0.29, 0.717) is 32.9 Å². The highest BCUT2D eigenvalue weighted by Gasteiger charge is 2.16. The zero-order valence-corrected chi connectivity index (χ0v) is 15.7. The first-order valence-electron chi connectivity index (χ1n) is 9.26. The summed E-state index contributed by atoms with van der Waals surface area (Å²) in [6.07, 6.45) is 3.26. The molecule has 0 spiro atoms. The average molecular weight is 378 g/mol. The molecule has 0 N–H and O–H groups in total. The maximum atomic E-state index is 13.0. The molecule has 1 fully saturated rings. The number of benzene rings is 1. The fraction of sp³-hybridized carbons (Fsp3) is 0.500. The van der Waals surface area contributed by atoms with Crippen LogP contribution in [0, 0.1) is 5.82 Å². The van der Waals surface area contributed by atoms with E-state index in [1.807, 2.05) is 0 Å². The number of hydrogen-bond acceptors (Lipinski definition) is 5. The second kappa shape index (κ2) is 11.5. The average Bonchev–Trinajstić information content (AvgIpc) is 2.68. The Morgan fingerprint density at radius 3 is 2.59 bits per heavy atom. The summed E-state index contributed by atoms with van der Waals surface area (Å²) >= 11 is 0. The van der Waals surface area contributed by atoms with Crippen molar-refractivity contribution in [3.05, 3.63) is 41.7 Å². The van der Waals surface area contributed by atoms with Gasteiger partial charge < -0.3 is 14.4 Å². The molecule has 0 bridgehead atoms. The molecule has 0 unspecified atom stereocenters. The zero-order valence-electron chi connectivity index (χ0n) is 15.7. The van der Waals surface area contributed by atoms with Crippen molar-refractivity contribution >= 4 is 18.0 Å². The summed E-state index contributed by atoms with van der Waals surface area (Å²) in [5.41, 5.74) is 0.739. The molecular weight excluding hydrogens is 351 g/mol. The van der Waals surface area contributed by atoms with E-state index in [0.717, 1.165) is 25.2 Å². The minimum atomic E-state index is -0.319. The molecule has 0 saturated carbocycles. The Morgan fingerprint density at radius 1 is 1.22 bits per heavy atom. The van der Waals surface area contributed by atoms with Gasteiger partial charge in [0.05, 0.1) is 26.2 Å². The van der Waals surface area contributed by atoms with Gasteiger partial charge in [0.2, 0.25) is 5.91 Å². The molecule has 0 aromatic heterocycles. The number of carbonyl (C=O) groups excluding carboxylic acids is 2. The largest absolute Gasteiger partial charge is 0.466 e. The summed E-state index contributed by atoms with van der Waals surface area (Å²) in [5.74, 6) is -0.818. The minimum Gasteiger partial charge on any atom is -0.466 e. The van der Waals surface area contributed by atoms with Crippen molar-refractivity contribution in [1.29, 1.82) is 0 Å². The smallest absolute Gasteiger partial charge is 0.307 e. The molecule has 1 amide bonds. The quantitative estimate of drug-likeness (QED) is 0.486. The summed E-state index contributed by atoms with van der Waals surface area (Å²) < 4.78 is 23.3. The molecule has 0 radical (unpaired) electrons. The molecule has 1 saturated heterocycles. The lowest BCUT2D eigenvalue weighted by Gasteiger charge is -2.29. The lowest BCUT2D eigenvalue weighted by molar-refractivity contribution is -0.143. The maximum Gasteiger partial charge on any atom is 0.307 e. The number of rotatable bonds is 9. The third kappa shape index (κ3) is 7.88. The van der Waals surface area contributed by atoms with Crippen LogP contribution in [0.1, 0.15) is 18.9 Å². The van der Waals surface area contributed by atoms with Crippen LogP contribution < -0.4 is 0 Å². The normalized spacial score (nSPS) is 15.0. The van der Waals surface area contributed by atoms with Crippen LogP contribution >= 0.6 is 0 Å². The van der Waals surface area contributed by atoms with Crippen molar-refractivity contribution in [3.8, 4) is 0 Å². The van der Waals surface area contributed by atoms with Gasteiger partial charge in [0.1, 0.15) is 5.82 Å². The Kier molecular flexibility index (Phi) is 8.94. The fourth-order valence-electron chi connectivity index (χ4n) is 2.73. The van der Waals surface area contributed by atoms with E-state index in [1.54, 1.807) is 30.0 Å². The molecule has 1 heterocycles. The van der Waals surface area contributed by atoms with E-state index in [4.69, 9.17) is 9.47 Å². The van der Waals surface area contributed by atoms with E-state index >= 15 is 0 Å². The molecule has 2 rings (SSSR count). The van der Waals surface area contributed by atoms with Crippen molar-refractivity contribution in [2.75, 3.05) is 52.5 Å². The Hall–Kier alpha value is -2.25. The van der Waals surface area contributed by atoms with Gasteiger partial charge in [-0.1, -0.05) is 12.1 Å². The second-order valence-electron chi connectivity index (χ2n) is 6.22. The van der Waals surface area contributed by atoms with E-state index in [2.05, 4.69) is 4.90 Å². The predicted octanol–water partition coefficient (Wildman–Crippen LogP) is 1.95. The second-order valence-corrected chi connectivity index (χ2v) is 6.22. The van der Waals surface area contributed by atoms with Crippen LogP contribution in [-0.4, -0.2) is 74.2 Å². The van der Waals surface area contributed by atoms with Crippen LogP contribution in [0.4, 0.5) is 4.39 Å². The van der Waals surface area contributed by atoms with Gasteiger partial charge in [-0.05, 0) is 30.7 Å². The number of esters is 1. The van der Waals surface area contributed by atoms with Gasteiger partial charge in [-0.3, -0.25) is 14.5 Å². The summed E-state index contributed by atoms with van der Waals surface area (Å²) in [6, 6.07) is 5.91. The van der Waals surface area contributed by atoms with Gasteiger partial charge in [0.25, 0.3) is 0 Å². The van der Waals surface area contributed by atoms with Gasteiger partial charge in [-0.2, -0.15) is 0 Å². The SMILES string of the molecule is CCOC(=O)CCN(CCN1CCOCC1)C(=O)/C=C/c1ccc(F)cc1. The van der Waals surface area contributed by atoms with Crippen molar-refractivity contribution < 1.29 is 23.5 Å². The number of amides is 1. The van der Waals surface area contributed by atoms with Crippen LogP contribution in [0.25, 0.3) is 6.08 Å². The topological polar surface area (TPSA) is 59.1 Å². The lowest BCUT2D eigenvalue weighted by atomic mass is 10.2. The molecule has 1 aliphatic rings. The molecule has 0 atom stereocenters. The number of ether oxygens (including phenoxy) is 2. The van der Waals surface area contributed by atoms with E-state index in [1.165, 1.54) is 18.2 Å². The number of nitrogens with zero attached hydrogens (tertiary/aromatic N) is 2. The number of carbonyl (C=O) groups is 2. The lowest BCUT2D eigenvalue weighted by Crippen LogP contribution is -2.43. The molecule has 148 valence electrons. The Labute approximate surface area is 159 Å². The predicted molar refractivity (Wildman–Crippen MR) is 101 cm³/mol. The molecule has 0 aliphatic carbocycles. The highest BCUT2D eigenvalue weighted by molar-refractivity contribution is 5.92. The van der Waals surface area contributed by atoms with Gasteiger partial charge in [-0.15, -0.1) is 0 Å². The molecule has 7 heteroatoms. The monoisotopic (exact) mass is 378 g/mol. The first-order chi connectivity index (χ1) is 13.1. The van der Waals surface area contributed by atoms with Gasteiger partial charge in [0, 0.05) is 38.8 Å². The number of hydrogen-bond donors (Lipinski definition) is 0. The number of halogens is 1. The van der Waals surface area contributed by atoms with Crippen molar-refractivity contribution in [2.45, 2.75) is 13.3 Å². The third-order valence-corrected chi connectivity index (χ3v) is 4.28. The van der Waals surface area contributed by atoms with Crippen LogP contribution in [0.2, 0.25) is 0 Å². The summed E-state index contributed by atoms with van der Waals surface area (Å²) in [4.78, 5) is 28.1. The summed E-state index contributed by atoms with van der Waals surface area (Å²) in [5, 5.41) is 0. The molecule has 1 aromatic carbocycles. The molecule has 6 nitrogen and oxygen atoms in total. The Morgan fingerprint density at radius 2 is 1.93 bits per heavy atom. The van der Waals surface area contributed by atoms with Gasteiger partial charge in [-0.25, -0.2) is 4.39 Å². The first-order valence-corrected chi connectivity index (χ1v) is 9.26. The maximum absolute atomic E-state index is 13.0. The number of morpholine rings is 1. The van der Waals surface area contributed by atoms with Crippen LogP contribution in [0.15, 0.2) is 30.3 Å². The van der Waals surface area contributed by atoms with Crippen LogP contribution in [-0.2, 0) is 19.1 Å². The third-order valence-electron chi connectivity index (χ3n) is 4.28. The highest BCUT2D eigenvalue weighted by atomic mass is 19.1. The highest BCUT2D eigenvalue weighted by Crippen LogP contribution is 2.06. The van der Waals surface area contributed by atoms with Gasteiger partial charge in [0.15, 0.2) is 0 Å². The summed E-state index contributed by atoms with van der Waals surface area (Å²) in [6.45, 7) is 6.69. The molecular formula is C20H27FN2O4. The first kappa shape index (κ1) is 21.1. The molecule has 1 aromatic rings. The standard InChI is InChI=1S/C20H27FN2O4/c1-2-27-20(25)9-10-23(12-11-22-13-15-26-16-14-22)19(24)8-5-17-3-6-18(21)7-4-17/h3-8H,2,9-16H2,1H3/b8-5+. The van der Waals surface area contributed by atoms with Crippen molar-refractivity contribution in [2.24, 2.45) is 0 Å². The van der Waals surface area contributed by atoms with Crippen molar-refractivity contribution in [3.63, 3.8) is 0 Å². The minimum absolute atomic E-state index is 0.160. The Bertz CT molecular complexity index is 627. The van der Waals surface area contributed by atoms with Crippen molar-refractivity contribution in [1.82, 2.24) is 9.80 Å². The van der Waals surface area contributed by atoms with Gasteiger partial charge >= 0.3 is 5.97 Å². The van der Waals surface area contributed by atoms with Crippen LogP contribution in [0.3, 0.4) is 0 Å². The molecule has 1 aliphatic heterocycles. The molecule has 27 heavy (non-hydrogen) atoms. The van der Waals surface area contributed by atoms with E-state index in [-0.39, 0.29) is 24.1 Å². The summed E-state index contributed by atoms with van der Waals surface area (Å²) in [7, 11) is 0. The Balaban J connectivity index is 1.94. The van der Waals surface area contributed by atoms with Crippen LogP contribution in [0.5, 0.6) is 0 Å². The zero-order chi connectivity index (χ0) is 19.5. The van der Waals surface area contributed by atoms with E-state index < -0.39 is 0 Å². The fourth-order valence-corrected chi connectivity index (χ4v) is 2.73. The van der Waals surface area contributed by atoms with E-state index in [9.17, 15) is 14.0 Å².